The summed E-state index contributed by atoms with van der Waals surface area (Å²) in [6.07, 6.45) is -0.913. The second-order valence-electron chi connectivity index (χ2n) is 12.6. The Bertz CT molecular complexity index is 1100. The summed E-state index contributed by atoms with van der Waals surface area (Å²) in [5.74, 6) is -0.359. The number of hydrogen-bond donors (Lipinski definition) is 0. The van der Waals surface area contributed by atoms with E-state index in [-0.39, 0.29) is 23.5 Å². The number of ether oxygens (including phenoxy) is 1. The average molecular weight is 581 g/mol. The van der Waals surface area contributed by atoms with Crippen molar-refractivity contribution in [3.05, 3.63) is 29.8 Å². The van der Waals surface area contributed by atoms with Crippen molar-refractivity contribution in [2.24, 2.45) is 0 Å². The summed E-state index contributed by atoms with van der Waals surface area (Å²) in [4.78, 5) is 45.9. The van der Waals surface area contributed by atoms with E-state index in [9.17, 15) is 14.4 Å². The van der Waals surface area contributed by atoms with E-state index in [1.54, 1.807) is 11.9 Å². The zero-order valence-corrected chi connectivity index (χ0v) is 25.3. The number of piperazine rings is 1. The second kappa shape index (κ2) is 8.56. The van der Waals surface area contributed by atoms with Crippen molar-refractivity contribution >= 4 is 47.8 Å². The largest absolute Gasteiger partial charge is 0.443 e. The molecule has 198 valence electrons. The third-order valence-electron chi connectivity index (χ3n) is 7.99. The lowest BCUT2D eigenvalue weighted by molar-refractivity contribution is -0.161. The van der Waals surface area contributed by atoms with Crippen molar-refractivity contribution in [1.29, 1.82) is 0 Å². The number of benzene rings is 1. The minimum absolute atomic E-state index is 0.0326. The van der Waals surface area contributed by atoms with Crippen LogP contribution in [0.4, 0.5) is 10.5 Å². The second-order valence-corrected chi connectivity index (χ2v) is 18.8. The molecule has 3 aliphatic heterocycles. The fourth-order valence-corrected chi connectivity index (χ4v) is 7.10. The highest BCUT2D eigenvalue weighted by atomic mass is 79.9. The van der Waals surface area contributed by atoms with Gasteiger partial charge in [-0.15, -0.1) is 0 Å². The zero-order chi connectivity index (χ0) is 27.0. The summed E-state index contributed by atoms with van der Waals surface area (Å²) >= 11 is 3.90. The molecule has 3 aliphatic rings. The monoisotopic (exact) mass is 579 g/mol. The smallest absolute Gasteiger partial charge is 0.416 e. The van der Waals surface area contributed by atoms with Crippen LogP contribution in [0.25, 0.3) is 0 Å². The molecule has 4 atom stereocenters. The SMILES string of the molecule is CN1C(=O)[C@@H]2C[C@]3(Br)c4ccccc4N(C(=O)OC(C)(C)C)[C@@H]3N2C(=O)[C@H]1CO[Si](C)(C)C(C)(C)C. The molecule has 0 N–H and O–H groups in total. The maximum absolute atomic E-state index is 14.1. The molecule has 10 heteroatoms. The first-order chi connectivity index (χ1) is 16.4. The Balaban J connectivity index is 1.73. The number of fused-ring (bicyclic) bond motifs is 5. The highest BCUT2D eigenvalue weighted by Crippen LogP contribution is 2.59. The molecule has 2 fully saturated rings. The van der Waals surface area contributed by atoms with Crippen LogP contribution in [-0.4, -0.2) is 73.5 Å². The van der Waals surface area contributed by atoms with Gasteiger partial charge in [0.25, 0.3) is 0 Å². The van der Waals surface area contributed by atoms with E-state index in [4.69, 9.17) is 9.16 Å². The Labute approximate surface area is 223 Å². The molecule has 0 radical (unpaired) electrons. The first-order valence-corrected chi connectivity index (χ1v) is 16.1. The number of carbonyl (C=O) groups is 3. The number of alkyl halides is 1. The van der Waals surface area contributed by atoms with Gasteiger partial charge in [0.1, 0.15) is 23.9 Å². The van der Waals surface area contributed by atoms with Crippen molar-refractivity contribution < 1.29 is 23.5 Å². The van der Waals surface area contributed by atoms with Gasteiger partial charge in [-0.3, -0.25) is 14.5 Å². The van der Waals surface area contributed by atoms with Gasteiger partial charge < -0.3 is 19.0 Å². The van der Waals surface area contributed by atoms with Crippen LogP contribution in [0.3, 0.4) is 0 Å². The Morgan fingerprint density at radius 1 is 1.11 bits per heavy atom. The van der Waals surface area contributed by atoms with Crippen molar-refractivity contribution in [1.82, 2.24) is 9.80 Å². The number of carbonyl (C=O) groups excluding carboxylic acids is 3. The van der Waals surface area contributed by atoms with Crippen molar-refractivity contribution in [2.75, 3.05) is 18.6 Å². The molecule has 3 heterocycles. The third kappa shape index (κ3) is 4.18. The molecule has 0 aromatic heterocycles. The number of halogens is 1. The lowest BCUT2D eigenvalue weighted by Crippen LogP contribution is -2.67. The molecule has 4 rings (SSSR count). The zero-order valence-electron chi connectivity index (χ0n) is 22.7. The lowest BCUT2D eigenvalue weighted by atomic mass is 9.95. The summed E-state index contributed by atoms with van der Waals surface area (Å²) in [6.45, 7) is 16.2. The van der Waals surface area contributed by atoms with Gasteiger partial charge >= 0.3 is 6.09 Å². The van der Waals surface area contributed by atoms with Crippen LogP contribution in [0.5, 0.6) is 0 Å². The van der Waals surface area contributed by atoms with E-state index < -0.39 is 42.6 Å². The van der Waals surface area contributed by atoms with Gasteiger partial charge in [0, 0.05) is 13.5 Å². The average Bonchev–Trinajstić information content (AvgIpc) is 3.17. The Morgan fingerprint density at radius 2 is 1.72 bits per heavy atom. The number of rotatable bonds is 3. The molecule has 0 saturated carbocycles. The fourth-order valence-electron chi connectivity index (χ4n) is 5.02. The van der Waals surface area contributed by atoms with E-state index in [1.807, 2.05) is 45.0 Å². The fraction of sp³-hybridized carbons (Fsp3) is 0.654. The first kappa shape index (κ1) is 27.1. The summed E-state index contributed by atoms with van der Waals surface area (Å²) in [6, 6.07) is 6.11. The topological polar surface area (TPSA) is 79.4 Å². The van der Waals surface area contributed by atoms with Crippen LogP contribution in [0, 0.1) is 0 Å². The molecule has 0 aliphatic carbocycles. The van der Waals surface area contributed by atoms with E-state index in [1.165, 1.54) is 9.80 Å². The number of para-hydroxylation sites is 1. The molecule has 0 bridgehead atoms. The summed E-state index contributed by atoms with van der Waals surface area (Å²) in [7, 11) is -0.485. The van der Waals surface area contributed by atoms with Crippen LogP contribution in [-0.2, 0) is 23.1 Å². The van der Waals surface area contributed by atoms with Gasteiger partial charge in [-0.1, -0.05) is 54.9 Å². The highest BCUT2D eigenvalue weighted by molar-refractivity contribution is 9.09. The van der Waals surface area contributed by atoms with Crippen LogP contribution >= 0.6 is 15.9 Å². The van der Waals surface area contributed by atoms with Crippen molar-refractivity contribution in [2.45, 2.75) is 94.3 Å². The molecule has 1 aromatic rings. The van der Waals surface area contributed by atoms with E-state index in [0.717, 1.165) is 5.56 Å². The number of nitrogens with zero attached hydrogens (tertiary/aromatic N) is 3. The Kier molecular flexibility index (Phi) is 6.45. The minimum Gasteiger partial charge on any atom is -0.443 e. The summed E-state index contributed by atoms with van der Waals surface area (Å²) in [5, 5.41) is -0.0326. The van der Waals surface area contributed by atoms with E-state index in [0.29, 0.717) is 12.1 Å². The molecule has 0 spiro atoms. The number of likely N-dealkylation sites (N-methyl/N-ethyl adjacent to an activating group) is 1. The van der Waals surface area contributed by atoms with Crippen LogP contribution < -0.4 is 4.90 Å². The molecular weight excluding hydrogens is 542 g/mol. The maximum Gasteiger partial charge on any atom is 0.416 e. The number of anilines is 1. The van der Waals surface area contributed by atoms with Crippen LogP contribution in [0.15, 0.2) is 24.3 Å². The minimum atomic E-state index is -2.16. The first-order valence-electron chi connectivity index (χ1n) is 12.4. The molecule has 1 aromatic carbocycles. The summed E-state index contributed by atoms with van der Waals surface area (Å²) < 4.78 is 11.4. The van der Waals surface area contributed by atoms with Crippen molar-refractivity contribution in [3.63, 3.8) is 0 Å². The van der Waals surface area contributed by atoms with E-state index in [2.05, 4.69) is 49.8 Å². The third-order valence-corrected chi connectivity index (χ3v) is 13.7. The predicted octanol–water partition coefficient (Wildman–Crippen LogP) is 4.82. The molecule has 3 amide bonds. The number of hydrogen-bond acceptors (Lipinski definition) is 5. The summed E-state index contributed by atoms with van der Waals surface area (Å²) in [5.41, 5.74) is 0.830. The highest BCUT2D eigenvalue weighted by Gasteiger charge is 2.67. The maximum atomic E-state index is 14.1. The van der Waals surface area contributed by atoms with Crippen LogP contribution in [0.2, 0.25) is 18.1 Å². The van der Waals surface area contributed by atoms with Gasteiger partial charge in [0.2, 0.25) is 11.8 Å². The van der Waals surface area contributed by atoms with Gasteiger partial charge in [-0.25, -0.2) is 4.79 Å². The molecule has 8 nitrogen and oxygen atoms in total. The lowest BCUT2D eigenvalue weighted by Gasteiger charge is -2.45. The van der Waals surface area contributed by atoms with Crippen LogP contribution in [0.1, 0.15) is 53.5 Å². The predicted molar refractivity (Wildman–Crippen MR) is 145 cm³/mol. The number of amides is 3. The van der Waals surface area contributed by atoms with Gasteiger partial charge in [0.05, 0.1) is 16.6 Å². The quantitative estimate of drug-likeness (QED) is 0.379. The molecule has 0 unspecified atom stereocenters. The Morgan fingerprint density at radius 3 is 2.31 bits per heavy atom. The standard InChI is InChI=1S/C26H38BrN3O5Si/c1-24(2,3)35-23(33)30-17-13-11-10-12-16(17)26(27)14-18-20(31)28(7)19(21(32)29(18)22(26)30)15-34-36(8,9)25(4,5)6/h10-13,18-19,22H,14-15H2,1-9H3/t18-,19+,22-,26-/m0/s1. The molecule has 2 saturated heterocycles. The van der Waals surface area contributed by atoms with Gasteiger partial charge in [0.15, 0.2) is 8.32 Å². The molecular formula is C26H38BrN3O5Si. The van der Waals surface area contributed by atoms with E-state index >= 15 is 0 Å². The van der Waals surface area contributed by atoms with Gasteiger partial charge in [-0.2, -0.15) is 0 Å². The normalized spacial score (nSPS) is 28.3. The van der Waals surface area contributed by atoms with Gasteiger partial charge in [-0.05, 0) is 50.5 Å². The molecule has 36 heavy (non-hydrogen) atoms. The van der Waals surface area contributed by atoms with Crippen molar-refractivity contribution in [3.8, 4) is 0 Å². The Hall–Kier alpha value is -1.91.